The van der Waals surface area contributed by atoms with Crippen LogP contribution in [0.1, 0.15) is 12.5 Å². The monoisotopic (exact) mass is 305 g/mol. The molecule has 2 aromatic rings. The minimum Gasteiger partial charge on any atom is -0.497 e. The SMILES string of the molecule is CCS(=O)(=O)c1ccc(NCc2cccc(OC)c2)cc1. The largest absolute Gasteiger partial charge is 0.497 e. The van der Waals surface area contributed by atoms with E-state index in [1.54, 1.807) is 38.3 Å². The molecule has 0 heterocycles. The molecule has 0 aliphatic carbocycles. The Morgan fingerprint density at radius 3 is 2.43 bits per heavy atom. The maximum absolute atomic E-state index is 11.7. The van der Waals surface area contributed by atoms with Crippen molar-refractivity contribution in [2.45, 2.75) is 18.4 Å². The second-order valence-electron chi connectivity index (χ2n) is 4.63. The summed E-state index contributed by atoms with van der Waals surface area (Å²) in [7, 11) is -1.50. The van der Waals surface area contributed by atoms with Crippen LogP contribution in [0.2, 0.25) is 0 Å². The first-order valence-electron chi connectivity index (χ1n) is 6.75. The van der Waals surface area contributed by atoms with Gasteiger partial charge in [-0.05, 0) is 42.0 Å². The second-order valence-corrected chi connectivity index (χ2v) is 6.91. The number of nitrogens with one attached hydrogen (secondary N) is 1. The molecule has 0 bridgehead atoms. The van der Waals surface area contributed by atoms with Crippen LogP contribution < -0.4 is 10.1 Å². The topological polar surface area (TPSA) is 55.4 Å². The van der Waals surface area contributed by atoms with Gasteiger partial charge in [-0.1, -0.05) is 19.1 Å². The van der Waals surface area contributed by atoms with Crippen molar-refractivity contribution in [2.24, 2.45) is 0 Å². The number of rotatable bonds is 6. The van der Waals surface area contributed by atoms with Gasteiger partial charge in [-0.15, -0.1) is 0 Å². The molecule has 1 N–H and O–H groups in total. The van der Waals surface area contributed by atoms with Crippen molar-refractivity contribution in [3.8, 4) is 5.75 Å². The van der Waals surface area contributed by atoms with Gasteiger partial charge < -0.3 is 10.1 Å². The Labute approximate surface area is 125 Å². The number of methoxy groups -OCH3 is 1. The van der Waals surface area contributed by atoms with Crippen molar-refractivity contribution in [1.29, 1.82) is 0 Å². The fourth-order valence-corrected chi connectivity index (χ4v) is 2.82. The van der Waals surface area contributed by atoms with Crippen molar-refractivity contribution < 1.29 is 13.2 Å². The molecule has 0 amide bonds. The van der Waals surface area contributed by atoms with E-state index in [9.17, 15) is 8.42 Å². The molecule has 0 aliphatic heterocycles. The highest BCUT2D eigenvalue weighted by Gasteiger charge is 2.10. The molecule has 0 unspecified atom stereocenters. The van der Waals surface area contributed by atoms with Gasteiger partial charge in [-0.25, -0.2) is 8.42 Å². The highest BCUT2D eigenvalue weighted by Crippen LogP contribution is 2.17. The summed E-state index contributed by atoms with van der Waals surface area (Å²) in [6.45, 7) is 2.29. The number of anilines is 1. The van der Waals surface area contributed by atoms with E-state index in [1.807, 2.05) is 24.3 Å². The predicted molar refractivity (Wildman–Crippen MR) is 84.5 cm³/mol. The molecule has 0 saturated heterocycles. The number of hydrogen-bond donors (Lipinski definition) is 1. The lowest BCUT2D eigenvalue weighted by Crippen LogP contribution is -2.04. The van der Waals surface area contributed by atoms with E-state index < -0.39 is 9.84 Å². The van der Waals surface area contributed by atoms with Crippen LogP contribution in [0.15, 0.2) is 53.4 Å². The first-order valence-corrected chi connectivity index (χ1v) is 8.40. The molecule has 112 valence electrons. The van der Waals surface area contributed by atoms with Crippen LogP contribution in [0.5, 0.6) is 5.75 Å². The molecule has 0 spiro atoms. The smallest absolute Gasteiger partial charge is 0.178 e. The van der Waals surface area contributed by atoms with Gasteiger partial charge in [0.05, 0.1) is 17.8 Å². The van der Waals surface area contributed by atoms with Crippen LogP contribution in [0.3, 0.4) is 0 Å². The molecular weight excluding hydrogens is 286 g/mol. The summed E-state index contributed by atoms with van der Waals surface area (Å²) < 4.78 is 28.6. The molecule has 2 aromatic carbocycles. The van der Waals surface area contributed by atoms with Crippen LogP contribution >= 0.6 is 0 Å². The third-order valence-electron chi connectivity index (χ3n) is 3.22. The van der Waals surface area contributed by atoms with Crippen molar-refractivity contribution in [3.05, 3.63) is 54.1 Å². The Balaban J connectivity index is 2.04. The first-order chi connectivity index (χ1) is 10.0. The van der Waals surface area contributed by atoms with Crippen molar-refractivity contribution in [1.82, 2.24) is 0 Å². The molecule has 5 heteroatoms. The van der Waals surface area contributed by atoms with Crippen molar-refractivity contribution in [2.75, 3.05) is 18.2 Å². The lowest BCUT2D eigenvalue weighted by Gasteiger charge is -2.09. The van der Waals surface area contributed by atoms with Gasteiger partial charge in [0, 0.05) is 12.2 Å². The predicted octanol–water partition coefficient (Wildman–Crippen LogP) is 3.10. The van der Waals surface area contributed by atoms with Crippen LogP contribution in [0.4, 0.5) is 5.69 Å². The van der Waals surface area contributed by atoms with E-state index in [0.717, 1.165) is 17.0 Å². The van der Waals surface area contributed by atoms with E-state index in [2.05, 4.69) is 5.32 Å². The minimum absolute atomic E-state index is 0.115. The van der Waals surface area contributed by atoms with Crippen LogP contribution in [-0.4, -0.2) is 21.3 Å². The van der Waals surface area contributed by atoms with Gasteiger partial charge in [-0.2, -0.15) is 0 Å². The number of hydrogen-bond acceptors (Lipinski definition) is 4. The van der Waals surface area contributed by atoms with Crippen molar-refractivity contribution in [3.63, 3.8) is 0 Å². The summed E-state index contributed by atoms with van der Waals surface area (Å²) in [5.74, 6) is 0.933. The Kier molecular flexibility index (Phi) is 4.85. The summed E-state index contributed by atoms with van der Waals surface area (Å²) in [6, 6.07) is 14.6. The average molecular weight is 305 g/mol. The fourth-order valence-electron chi connectivity index (χ4n) is 1.93. The number of benzene rings is 2. The second kappa shape index (κ2) is 6.63. The van der Waals surface area contributed by atoms with Crippen LogP contribution in [-0.2, 0) is 16.4 Å². The van der Waals surface area contributed by atoms with Crippen LogP contribution in [0.25, 0.3) is 0 Å². The zero-order valence-electron chi connectivity index (χ0n) is 12.2. The third-order valence-corrected chi connectivity index (χ3v) is 4.97. The fraction of sp³-hybridized carbons (Fsp3) is 0.250. The Hall–Kier alpha value is -2.01. The Morgan fingerprint density at radius 2 is 1.81 bits per heavy atom. The highest BCUT2D eigenvalue weighted by atomic mass is 32.2. The lowest BCUT2D eigenvalue weighted by molar-refractivity contribution is 0.414. The number of ether oxygens (including phenoxy) is 1. The van der Waals surface area contributed by atoms with Gasteiger partial charge in [0.25, 0.3) is 0 Å². The molecule has 0 aromatic heterocycles. The molecule has 0 radical (unpaired) electrons. The van der Waals surface area contributed by atoms with E-state index in [-0.39, 0.29) is 5.75 Å². The Morgan fingerprint density at radius 1 is 1.10 bits per heavy atom. The van der Waals surface area contributed by atoms with Gasteiger partial charge in [0.2, 0.25) is 0 Å². The molecule has 4 nitrogen and oxygen atoms in total. The summed E-state index contributed by atoms with van der Waals surface area (Å²) >= 11 is 0. The van der Waals surface area contributed by atoms with E-state index in [1.165, 1.54) is 0 Å². The zero-order valence-corrected chi connectivity index (χ0v) is 13.0. The van der Waals surface area contributed by atoms with E-state index in [0.29, 0.717) is 11.4 Å². The number of sulfone groups is 1. The molecular formula is C16H19NO3S. The van der Waals surface area contributed by atoms with Gasteiger partial charge >= 0.3 is 0 Å². The standard InChI is InChI=1S/C16H19NO3S/c1-3-21(18,19)16-9-7-14(8-10-16)17-12-13-5-4-6-15(11-13)20-2/h4-11,17H,3,12H2,1-2H3. The van der Waals surface area contributed by atoms with Gasteiger partial charge in [0.15, 0.2) is 9.84 Å². The highest BCUT2D eigenvalue weighted by molar-refractivity contribution is 7.91. The molecule has 0 atom stereocenters. The van der Waals surface area contributed by atoms with Crippen molar-refractivity contribution >= 4 is 15.5 Å². The van der Waals surface area contributed by atoms with E-state index >= 15 is 0 Å². The average Bonchev–Trinajstić information content (AvgIpc) is 2.53. The Bertz CT molecular complexity index is 694. The quantitative estimate of drug-likeness (QED) is 0.891. The first kappa shape index (κ1) is 15.4. The maximum Gasteiger partial charge on any atom is 0.178 e. The van der Waals surface area contributed by atoms with Crippen LogP contribution in [0, 0.1) is 0 Å². The summed E-state index contributed by atoms with van der Waals surface area (Å²) in [5, 5.41) is 3.26. The van der Waals surface area contributed by atoms with Gasteiger partial charge in [0.1, 0.15) is 5.75 Å². The summed E-state index contributed by atoms with van der Waals surface area (Å²) in [5.41, 5.74) is 1.98. The van der Waals surface area contributed by atoms with Gasteiger partial charge in [-0.3, -0.25) is 0 Å². The third kappa shape index (κ3) is 3.98. The molecule has 0 aliphatic rings. The molecule has 0 fully saturated rings. The maximum atomic E-state index is 11.7. The lowest BCUT2D eigenvalue weighted by atomic mass is 10.2. The van der Waals surface area contributed by atoms with E-state index in [4.69, 9.17) is 4.74 Å². The molecule has 21 heavy (non-hydrogen) atoms. The molecule has 2 rings (SSSR count). The minimum atomic E-state index is -3.14. The zero-order chi connectivity index (χ0) is 15.3. The molecule has 0 saturated carbocycles. The summed E-state index contributed by atoms with van der Waals surface area (Å²) in [4.78, 5) is 0.358. The summed E-state index contributed by atoms with van der Waals surface area (Å²) in [6.07, 6.45) is 0. The normalized spacial score (nSPS) is 11.1.